The van der Waals surface area contributed by atoms with Gasteiger partial charge in [0.1, 0.15) is 11.6 Å². The normalized spacial score (nSPS) is 14.8. The molecule has 4 aromatic rings. The first-order chi connectivity index (χ1) is 19.6. The molecule has 2 aromatic heterocycles. The van der Waals surface area contributed by atoms with Crippen LogP contribution < -0.4 is 4.90 Å². The Hall–Kier alpha value is -4.18. The molecule has 0 bridgehead atoms. The van der Waals surface area contributed by atoms with Gasteiger partial charge in [-0.2, -0.15) is 5.26 Å². The van der Waals surface area contributed by atoms with Crippen molar-refractivity contribution >= 4 is 66.6 Å². The quantitative estimate of drug-likeness (QED) is 0.181. The number of carboxylic acid groups (broad SMARTS) is 1. The summed E-state index contributed by atoms with van der Waals surface area (Å²) in [6.45, 7) is 3.26. The van der Waals surface area contributed by atoms with Gasteiger partial charge in [0.25, 0.3) is 0 Å². The highest BCUT2D eigenvalue weighted by atomic mass is 32.1. The summed E-state index contributed by atoms with van der Waals surface area (Å²) in [7, 11) is 0. The van der Waals surface area contributed by atoms with Crippen molar-refractivity contribution in [2.24, 2.45) is 0 Å². The first-order valence-electron chi connectivity index (χ1n) is 13.5. The number of allylic oxidation sites excluding steroid dienone is 5. The molecular formula is C34H28N2O2S2. The fourth-order valence-electron chi connectivity index (χ4n) is 5.39. The summed E-state index contributed by atoms with van der Waals surface area (Å²) < 4.78 is 2.24. The van der Waals surface area contributed by atoms with E-state index in [-0.39, 0.29) is 5.57 Å². The van der Waals surface area contributed by atoms with Crippen LogP contribution in [0.2, 0.25) is 0 Å². The van der Waals surface area contributed by atoms with E-state index in [4.69, 9.17) is 10.4 Å². The number of hydrogen-bond acceptors (Lipinski definition) is 5. The van der Waals surface area contributed by atoms with E-state index in [9.17, 15) is 4.79 Å². The fourth-order valence-corrected chi connectivity index (χ4v) is 7.80. The van der Waals surface area contributed by atoms with Gasteiger partial charge in [0.15, 0.2) is 0 Å². The number of nitrogens with zero attached hydrogens (tertiary/aromatic N) is 2. The highest BCUT2D eigenvalue weighted by Crippen LogP contribution is 2.46. The predicted molar refractivity (Wildman–Crippen MR) is 168 cm³/mol. The van der Waals surface area contributed by atoms with Crippen LogP contribution in [0.1, 0.15) is 53.5 Å². The molecule has 4 nitrogen and oxygen atoms in total. The van der Waals surface area contributed by atoms with Crippen LogP contribution in [0, 0.1) is 11.3 Å². The van der Waals surface area contributed by atoms with E-state index in [0.717, 1.165) is 40.1 Å². The Morgan fingerprint density at radius 2 is 1.70 bits per heavy atom. The average molecular weight is 561 g/mol. The summed E-state index contributed by atoms with van der Waals surface area (Å²) in [5, 5.41) is 18.2. The predicted octanol–water partition coefficient (Wildman–Crippen LogP) is 9.44. The number of fused-ring (bicyclic) bond motifs is 3. The number of hydrogen-bond donors (Lipinski definition) is 1. The standard InChI is InChI=1S/C34H28N2O2S2/c1-2-3-16-36-29-10-6-4-8-26(29)28(27-9-5-7-11-30(27)36)17-22-12-14-23(15-13-22)31-20-33-32(40-31)19-25(39-33)18-24(21-35)34(37)38/h4-12,14,17-20H,2-3,13,15-16H2,1H3,(H,37,38)/b24-18-. The van der Waals surface area contributed by atoms with Crippen LogP contribution in [0.4, 0.5) is 11.4 Å². The Labute approximate surface area is 242 Å². The van der Waals surface area contributed by atoms with Gasteiger partial charge in [-0.3, -0.25) is 0 Å². The summed E-state index contributed by atoms with van der Waals surface area (Å²) in [4.78, 5) is 15.7. The summed E-state index contributed by atoms with van der Waals surface area (Å²) in [6.07, 6.45) is 12.6. The lowest BCUT2D eigenvalue weighted by Gasteiger charge is -2.35. The minimum absolute atomic E-state index is 0.243. The van der Waals surface area contributed by atoms with E-state index < -0.39 is 5.97 Å². The van der Waals surface area contributed by atoms with Gasteiger partial charge >= 0.3 is 5.97 Å². The van der Waals surface area contributed by atoms with Crippen LogP contribution in [0.25, 0.3) is 26.6 Å². The molecule has 2 aliphatic rings. The van der Waals surface area contributed by atoms with Gasteiger partial charge < -0.3 is 10.0 Å². The average Bonchev–Trinajstić information content (AvgIpc) is 3.55. The van der Waals surface area contributed by atoms with E-state index >= 15 is 0 Å². The molecule has 2 aromatic carbocycles. The number of aliphatic carboxylic acids is 1. The fraction of sp³-hybridized carbons (Fsp3) is 0.176. The van der Waals surface area contributed by atoms with Crippen molar-refractivity contribution in [2.75, 3.05) is 11.4 Å². The number of thiophene rings is 2. The van der Waals surface area contributed by atoms with Crippen molar-refractivity contribution in [1.29, 1.82) is 5.26 Å². The molecule has 1 aliphatic heterocycles. The number of carboxylic acids is 1. The number of benzene rings is 2. The molecule has 0 radical (unpaired) electrons. The maximum absolute atomic E-state index is 11.2. The van der Waals surface area contributed by atoms with Crippen LogP contribution in [-0.4, -0.2) is 17.6 Å². The molecule has 0 unspecified atom stereocenters. The smallest absolute Gasteiger partial charge is 0.346 e. The molecule has 6 rings (SSSR count). The Bertz CT molecular complexity index is 1710. The van der Waals surface area contributed by atoms with Crippen molar-refractivity contribution < 1.29 is 9.90 Å². The second-order valence-electron chi connectivity index (χ2n) is 9.99. The molecule has 3 heterocycles. The molecule has 0 atom stereocenters. The second kappa shape index (κ2) is 11.1. The highest BCUT2D eigenvalue weighted by Gasteiger charge is 2.26. The third-order valence-electron chi connectivity index (χ3n) is 7.40. The Morgan fingerprint density at radius 3 is 2.30 bits per heavy atom. The Morgan fingerprint density at radius 1 is 1.00 bits per heavy atom. The van der Waals surface area contributed by atoms with E-state index in [2.05, 4.69) is 84.6 Å². The Kier molecular flexibility index (Phi) is 7.25. The van der Waals surface area contributed by atoms with Crippen LogP contribution in [0.15, 0.2) is 90.0 Å². The number of anilines is 2. The lowest BCUT2D eigenvalue weighted by molar-refractivity contribution is -0.132. The van der Waals surface area contributed by atoms with E-state index in [0.29, 0.717) is 0 Å². The molecule has 0 spiro atoms. The molecule has 0 fully saturated rings. The van der Waals surface area contributed by atoms with Crippen molar-refractivity contribution in [2.45, 2.75) is 32.6 Å². The van der Waals surface area contributed by atoms with Crippen LogP contribution in [0.3, 0.4) is 0 Å². The molecule has 1 N–H and O–H groups in total. The van der Waals surface area contributed by atoms with E-state index in [1.54, 1.807) is 17.4 Å². The number of rotatable bonds is 7. The molecule has 0 amide bonds. The largest absolute Gasteiger partial charge is 0.477 e. The topological polar surface area (TPSA) is 64.3 Å². The van der Waals surface area contributed by atoms with Gasteiger partial charge in [0, 0.05) is 48.2 Å². The van der Waals surface area contributed by atoms with Gasteiger partial charge in [-0.15, -0.1) is 22.7 Å². The number of carbonyl (C=O) groups is 1. The van der Waals surface area contributed by atoms with Crippen molar-refractivity contribution in [3.05, 3.63) is 111 Å². The third-order valence-corrected chi connectivity index (χ3v) is 9.71. The third kappa shape index (κ3) is 4.95. The molecule has 0 saturated carbocycles. The zero-order chi connectivity index (χ0) is 27.6. The lowest BCUT2D eigenvalue weighted by Crippen LogP contribution is -2.24. The minimum Gasteiger partial charge on any atom is -0.477 e. The molecule has 40 heavy (non-hydrogen) atoms. The summed E-state index contributed by atoms with van der Waals surface area (Å²) in [5.74, 6) is -1.20. The van der Waals surface area contributed by atoms with Gasteiger partial charge in [0.2, 0.25) is 0 Å². The number of nitriles is 1. The van der Waals surface area contributed by atoms with E-state index in [1.165, 1.54) is 67.9 Å². The summed E-state index contributed by atoms with van der Waals surface area (Å²) in [6, 6.07) is 23.5. The van der Waals surface area contributed by atoms with Gasteiger partial charge in [-0.1, -0.05) is 68.0 Å². The Balaban J connectivity index is 1.31. The van der Waals surface area contributed by atoms with Gasteiger partial charge in [-0.25, -0.2) is 4.79 Å². The first kappa shape index (κ1) is 26.1. The van der Waals surface area contributed by atoms with Crippen molar-refractivity contribution in [1.82, 2.24) is 0 Å². The molecule has 0 saturated heterocycles. The number of para-hydroxylation sites is 2. The van der Waals surface area contributed by atoms with Crippen molar-refractivity contribution in [3.8, 4) is 6.07 Å². The van der Waals surface area contributed by atoms with Crippen LogP contribution >= 0.6 is 22.7 Å². The van der Waals surface area contributed by atoms with Crippen LogP contribution in [0.5, 0.6) is 0 Å². The monoisotopic (exact) mass is 560 g/mol. The molecule has 6 heteroatoms. The zero-order valence-corrected chi connectivity index (χ0v) is 23.8. The number of unbranched alkanes of at least 4 members (excludes halogenated alkanes) is 1. The summed E-state index contributed by atoms with van der Waals surface area (Å²) in [5.41, 5.74) is 8.85. The van der Waals surface area contributed by atoms with Gasteiger partial charge in [0.05, 0.1) is 0 Å². The van der Waals surface area contributed by atoms with Gasteiger partial charge in [-0.05, 0) is 66.3 Å². The SMILES string of the molecule is CCCCN1c2ccccc2C(=CC2=CC=C(c3cc4sc(/C=C(/C#N)C(=O)O)cc4s3)CC2)c2ccccc21. The minimum atomic E-state index is -1.20. The summed E-state index contributed by atoms with van der Waals surface area (Å²) >= 11 is 3.25. The maximum atomic E-state index is 11.2. The first-order valence-corrected chi connectivity index (χ1v) is 15.2. The molecular weight excluding hydrogens is 533 g/mol. The second-order valence-corrected chi connectivity index (χ2v) is 12.2. The molecule has 1 aliphatic carbocycles. The lowest BCUT2D eigenvalue weighted by atomic mass is 9.87. The highest BCUT2D eigenvalue weighted by molar-refractivity contribution is 7.28. The van der Waals surface area contributed by atoms with E-state index in [1.807, 2.05) is 6.07 Å². The van der Waals surface area contributed by atoms with Crippen molar-refractivity contribution in [3.63, 3.8) is 0 Å². The van der Waals surface area contributed by atoms with Crippen LogP contribution in [-0.2, 0) is 4.79 Å². The maximum Gasteiger partial charge on any atom is 0.346 e. The molecule has 198 valence electrons. The zero-order valence-electron chi connectivity index (χ0n) is 22.2.